The molecule has 0 aromatic carbocycles. The standard InChI is InChI=1S/C20H16F8N4O2S/c1-3-35(33,34)14-8-11(12-6-4-5-7-29-12)9-30-15(14)17-31-10-13(32(17)2)16(21)18(22,19(23,24)25)20(26,27)28/h4-10,16H,3H2,1-2H3/t16-/m0/s1. The van der Waals surface area contributed by atoms with Crippen LogP contribution in [0.5, 0.6) is 0 Å². The van der Waals surface area contributed by atoms with Crippen LogP contribution in [0, 0.1) is 0 Å². The first kappa shape index (κ1) is 26.5. The van der Waals surface area contributed by atoms with Gasteiger partial charge in [-0.1, -0.05) is 13.0 Å². The number of imidazole rings is 1. The van der Waals surface area contributed by atoms with Gasteiger partial charge in [0.05, 0.1) is 28.2 Å². The third-order valence-corrected chi connectivity index (χ3v) is 6.94. The summed E-state index contributed by atoms with van der Waals surface area (Å²) in [6.45, 7) is 1.29. The molecular formula is C20H16F8N4O2S. The molecule has 3 rings (SSSR count). The molecule has 0 saturated heterocycles. The summed E-state index contributed by atoms with van der Waals surface area (Å²) in [7, 11) is -3.27. The number of aromatic nitrogens is 4. The van der Waals surface area contributed by atoms with E-state index in [0.29, 0.717) is 10.3 Å². The van der Waals surface area contributed by atoms with Gasteiger partial charge in [-0.15, -0.1) is 0 Å². The Balaban J connectivity index is 2.20. The zero-order valence-electron chi connectivity index (χ0n) is 17.9. The fraction of sp³-hybridized carbons (Fsp3) is 0.350. The monoisotopic (exact) mass is 528 g/mol. The van der Waals surface area contributed by atoms with Gasteiger partial charge < -0.3 is 4.57 Å². The average Bonchev–Trinajstić information content (AvgIpc) is 3.17. The maximum absolute atomic E-state index is 14.6. The van der Waals surface area contributed by atoms with E-state index in [1.54, 1.807) is 18.2 Å². The lowest BCUT2D eigenvalue weighted by Gasteiger charge is -2.32. The molecule has 0 aliphatic carbocycles. The predicted molar refractivity (Wildman–Crippen MR) is 107 cm³/mol. The van der Waals surface area contributed by atoms with Gasteiger partial charge in [-0.05, 0) is 18.2 Å². The van der Waals surface area contributed by atoms with E-state index >= 15 is 0 Å². The summed E-state index contributed by atoms with van der Waals surface area (Å²) >= 11 is 0. The molecule has 15 heteroatoms. The van der Waals surface area contributed by atoms with Gasteiger partial charge in [0.1, 0.15) is 5.69 Å². The molecule has 6 nitrogen and oxygen atoms in total. The third-order valence-electron chi connectivity index (χ3n) is 5.20. The fourth-order valence-corrected chi connectivity index (χ4v) is 4.26. The minimum atomic E-state index is -6.64. The molecular weight excluding hydrogens is 512 g/mol. The second-order valence-electron chi connectivity index (χ2n) is 7.32. The zero-order chi connectivity index (χ0) is 26.4. The van der Waals surface area contributed by atoms with E-state index in [2.05, 4.69) is 15.0 Å². The second kappa shape index (κ2) is 8.84. The molecule has 0 amide bonds. The molecule has 3 heterocycles. The first-order valence-corrected chi connectivity index (χ1v) is 11.3. The molecule has 0 fully saturated rings. The van der Waals surface area contributed by atoms with Crippen LogP contribution < -0.4 is 0 Å². The van der Waals surface area contributed by atoms with Crippen LogP contribution in [-0.4, -0.2) is 51.7 Å². The smallest absolute Gasteiger partial charge is 0.327 e. The largest absolute Gasteiger partial charge is 0.434 e. The Hall–Kier alpha value is -3.10. The lowest BCUT2D eigenvalue weighted by Crippen LogP contribution is -2.56. The van der Waals surface area contributed by atoms with Crippen molar-refractivity contribution >= 4 is 9.84 Å². The first-order valence-electron chi connectivity index (χ1n) is 9.68. The van der Waals surface area contributed by atoms with E-state index in [9.17, 15) is 43.5 Å². The molecule has 3 aromatic rings. The number of halogens is 8. The Labute approximate surface area is 193 Å². The lowest BCUT2D eigenvalue weighted by atomic mass is 9.96. The van der Waals surface area contributed by atoms with Crippen LogP contribution in [0.1, 0.15) is 18.8 Å². The number of hydrogen-bond donors (Lipinski definition) is 0. The molecule has 0 bridgehead atoms. The van der Waals surface area contributed by atoms with Gasteiger partial charge in [-0.25, -0.2) is 22.2 Å². The molecule has 0 unspecified atom stereocenters. The number of hydrogen-bond acceptors (Lipinski definition) is 5. The van der Waals surface area contributed by atoms with E-state index < -0.39 is 61.9 Å². The van der Waals surface area contributed by atoms with Crippen molar-refractivity contribution in [3.63, 3.8) is 0 Å². The van der Waals surface area contributed by atoms with Gasteiger partial charge in [-0.2, -0.15) is 26.3 Å². The second-order valence-corrected chi connectivity index (χ2v) is 9.57. The molecule has 0 N–H and O–H groups in total. The van der Waals surface area contributed by atoms with Gasteiger partial charge in [0.15, 0.2) is 21.8 Å². The Kier molecular flexibility index (Phi) is 6.69. The topological polar surface area (TPSA) is 77.7 Å². The van der Waals surface area contributed by atoms with Crippen LogP contribution in [0.15, 0.2) is 47.8 Å². The summed E-state index contributed by atoms with van der Waals surface area (Å²) in [5, 5.41) is 0. The number of pyridine rings is 2. The van der Waals surface area contributed by atoms with Crippen molar-refractivity contribution in [2.75, 3.05) is 5.75 Å². The Morgan fingerprint density at radius 2 is 1.60 bits per heavy atom. The molecule has 0 radical (unpaired) electrons. The molecule has 1 atom stereocenters. The highest BCUT2D eigenvalue weighted by molar-refractivity contribution is 7.91. The quantitative estimate of drug-likeness (QED) is 0.412. The van der Waals surface area contributed by atoms with Crippen molar-refractivity contribution in [2.24, 2.45) is 7.05 Å². The minimum absolute atomic E-state index is 0.232. The molecule has 0 aliphatic rings. The van der Waals surface area contributed by atoms with Crippen LogP contribution in [0.3, 0.4) is 0 Å². The summed E-state index contributed by atoms with van der Waals surface area (Å²) < 4.78 is 133. The van der Waals surface area contributed by atoms with Crippen LogP contribution in [-0.2, 0) is 16.9 Å². The van der Waals surface area contributed by atoms with Gasteiger partial charge >= 0.3 is 18.0 Å². The van der Waals surface area contributed by atoms with Gasteiger partial charge in [-0.3, -0.25) is 9.97 Å². The minimum Gasteiger partial charge on any atom is -0.327 e. The van der Waals surface area contributed by atoms with Crippen LogP contribution in [0.25, 0.3) is 22.8 Å². The Morgan fingerprint density at radius 1 is 0.971 bits per heavy atom. The van der Waals surface area contributed by atoms with Crippen LogP contribution in [0.2, 0.25) is 0 Å². The third kappa shape index (κ3) is 4.48. The summed E-state index contributed by atoms with van der Waals surface area (Å²) in [4.78, 5) is 11.1. The maximum Gasteiger partial charge on any atom is 0.434 e. The maximum atomic E-state index is 14.6. The van der Waals surface area contributed by atoms with Gasteiger partial charge in [0.2, 0.25) is 0 Å². The molecule has 0 spiro atoms. The van der Waals surface area contributed by atoms with Crippen molar-refractivity contribution in [2.45, 2.75) is 36.0 Å². The number of rotatable bonds is 6. The van der Waals surface area contributed by atoms with E-state index in [1.807, 2.05) is 0 Å². The van der Waals surface area contributed by atoms with E-state index in [-0.39, 0.29) is 11.8 Å². The molecule has 3 aromatic heterocycles. The van der Waals surface area contributed by atoms with Crippen LogP contribution >= 0.6 is 0 Å². The molecule has 0 aliphatic heterocycles. The van der Waals surface area contributed by atoms with E-state index in [0.717, 1.165) is 19.3 Å². The van der Waals surface area contributed by atoms with Crippen molar-refractivity contribution in [3.05, 3.63) is 48.5 Å². The highest BCUT2D eigenvalue weighted by Crippen LogP contribution is 2.54. The number of nitrogens with zero attached hydrogens (tertiary/aromatic N) is 4. The normalized spacial score (nSPS) is 14.2. The molecule has 0 saturated carbocycles. The lowest BCUT2D eigenvalue weighted by molar-refractivity contribution is -0.359. The fourth-order valence-electron chi connectivity index (χ4n) is 3.21. The Bertz CT molecular complexity index is 1310. The first-order chi connectivity index (χ1) is 16.1. The van der Waals surface area contributed by atoms with Gasteiger partial charge in [0, 0.05) is 25.0 Å². The zero-order valence-corrected chi connectivity index (χ0v) is 18.7. The van der Waals surface area contributed by atoms with Crippen LogP contribution in [0.4, 0.5) is 35.1 Å². The van der Waals surface area contributed by atoms with E-state index in [4.69, 9.17) is 0 Å². The summed E-state index contributed by atoms with van der Waals surface area (Å²) in [6, 6.07) is 5.90. The van der Waals surface area contributed by atoms with Crippen molar-refractivity contribution < 1.29 is 43.5 Å². The average molecular weight is 528 g/mol. The highest BCUT2D eigenvalue weighted by Gasteiger charge is 2.77. The van der Waals surface area contributed by atoms with Crippen molar-refractivity contribution in [3.8, 4) is 22.8 Å². The Morgan fingerprint density at radius 3 is 2.11 bits per heavy atom. The van der Waals surface area contributed by atoms with Crippen molar-refractivity contribution in [1.82, 2.24) is 19.5 Å². The SMILES string of the molecule is CCS(=O)(=O)c1cc(-c2ccccn2)cnc1-c1ncc([C@H](F)C(F)(C(F)(F)F)C(F)(F)F)n1C. The highest BCUT2D eigenvalue weighted by atomic mass is 32.2. The number of alkyl halides is 8. The summed E-state index contributed by atoms with van der Waals surface area (Å²) in [5.74, 6) is -1.04. The van der Waals surface area contributed by atoms with E-state index in [1.165, 1.54) is 13.1 Å². The summed E-state index contributed by atoms with van der Waals surface area (Å²) in [6.07, 6.45) is -14.7. The number of sulfone groups is 1. The van der Waals surface area contributed by atoms with Crippen molar-refractivity contribution in [1.29, 1.82) is 0 Å². The molecule has 35 heavy (non-hydrogen) atoms. The van der Waals surface area contributed by atoms with Gasteiger partial charge in [0.25, 0.3) is 0 Å². The predicted octanol–water partition coefficient (Wildman–Crippen LogP) is 5.18. The summed E-state index contributed by atoms with van der Waals surface area (Å²) in [5.41, 5.74) is -7.58. The molecule has 190 valence electrons.